The Hall–Kier alpha value is -2.68. The van der Waals surface area contributed by atoms with Gasteiger partial charge in [0.15, 0.2) is 0 Å². The standard InChI is InChI=1S/C11H8N2O4/c1-7-4-10(13(16)17)3-2-8(7)5-9(6-12)11(14)15/h2-5H,1H3,(H,14,15). The average molecular weight is 232 g/mol. The van der Waals surface area contributed by atoms with Gasteiger partial charge in [0, 0.05) is 12.1 Å². The number of aryl methyl sites for hydroxylation is 1. The first-order valence-electron chi connectivity index (χ1n) is 4.56. The molecule has 6 nitrogen and oxygen atoms in total. The Labute approximate surface area is 96.6 Å². The van der Waals surface area contributed by atoms with E-state index in [2.05, 4.69) is 0 Å². The zero-order chi connectivity index (χ0) is 13.0. The zero-order valence-corrected chi connectivity index (χ0v) is 8.88. The molecule has 6 heteroatoms. The molecule has 0 saturated carbocycles. The van der Waals surface area contributed by atoms with E-state index in [1.54, 1.807) is 13.0 Å². The Morgan fingerprint density at radius 1 is 1.59 bits per heavy atom. The van der Waals surface area contributed by atoms with Gasteiger partial charge in [0.05, 0.1) is 4.92 Å². The number of benzene rings is 1. The Morgan fingerprint density at radius 2 is 2.24 bits per heavy atom. The summed E-state index contributed by atoms with van der Waals surface area (Å²) in [5.41, 5.74) is 0.512. The van der Waals surface area contributed by atoms with Crippen molar-refractivity contribution in [1.82, 2.24) is 0 Å². The van der Waals surface area contributed by atoms with Crippen molar-refractivity contribution < 1.29 is 14.8 Å². The molecule has 0 radical (unpaired) electrons. The van der Waals surface area contributed by atoms with Gasteiger partial charge in [-0.25, -0.2) is 4.79 Å². The number of hydrogen-bond acceptors (Lipinski definition) is 4. The minimum absolute atomic E-state index is 0.0755. The van der Waals surface area contributed by atoms with E-state index in [1.165, 1.54) is 24.3 Å². The van der Waals surface area contributed by atoms with Gasteiger partial charge < -0.3 is 5.11 Å². The lowest BCUT2D eigenvalue weighted by Gasteiger charge is -2.00. The van der Waals surface area contributed by atoms with Crippen molar-refractivity contribution in [1.29, 1.82) is 5.26 Å². The third-order valence-electron chi connectivity index (χ3n) is 2.11. The molecule has 0 spiro atoms. The van der Waals surface area contributed by atoms with Crippen molar-refractivity contribution in [3.63, 3.8) is 0 Å². The second-order valence-electron chi connectivity index (χ2n) is 3.27. The Balaban J connectivity index is 3.22. The lowest BCUT2D eigenvalue weighted by molar-refractivity contribution is -0.384. The first kappa shape index (κ1) is 12.4. The third kappa shape index (κ3) is 2.89. The van der Waals surface area contributed by atoms with Crippen molar-refractivity contribution in [3.8, 4) is 6.07 Å². The van der Waals surface area contributed by atoms with Crippen LogP contribution in [0.15, 0.2) is 23.8 Å². The summed E-state index contributed by atoms with van der Waals surface area (Å²) < 4.78 is 0. The fourth-order valence-corrected chi connectivity index (χ4v) is 1.23. The van der Waals surface area contributed by atoms with Crippen LogP contribution in [0.25, 0.3) is 6.08 Å². The fourth-order valence-electron chi connectivity index (χ4n) is 1.23. The summed E-state index contributed by atoms with van der Waals surface area (Å²) in [5.74, 6) is -1.33. The number of nitro benzene ring substituents is 1. The van der Waals surface area contributed by atoms with Crippen LogP contribution in [0.1, 0.15) is 11.1 Å². The Morgan fingerprint density at radius 3 is 2.65 bits per heavy atom. The summed E-state index contributed by atoms with van der Waals surface area (Å²) in [7, 11) is 0. The molecule has 0 atom stereocenters. The monoisotopic (exact) mass is 232 g/mol. The van der Waals surface area contributed by atoms with Gasteiger partial charge in [-0.3, -0.25) is 10.1 Å². The van der Waals surface area contributed by atoms with Crippen LogP contribution in [0, 0.1) is 28.4 Å². The highest BCUT2D eigenvalue weighted by Crippen LogP contribution is 2.19. The summed E-state index contributed by atoms with van der Waals surface area (Å²) in [6.07, 6.45) is 1.18. The van der Waals surface area contributed by atoms with Gasteiger partial charge in [0.1, 0.15) is 11.6 Å². The molecule has 0 aliphatic heterocycles. The summed E-state index contributed by atoms with van der Waals surface area (Å²) in [5, 5.41) is 27.7. The highest BCUT2D eigenvalue weighted by atomic mass is 16.6. The molecule has 86 valence electrons. The molecule has 1 rings (SSSR count). The molecular formula is C11H8N2O4. The van der Waals surface area contributed by atoms with E-state index in [9.17, 15) is 14.9 Å². The predicted octanol–water partition coefficient (Wildman–Crippen LogP) is 1.89. The SMILES string of the molecule is Cc1cc([N+](=O)[O-])ccc1C=C(C#N)C(=O)O. The van der Waals surface area contributed by atoms with Crippen LogP contribution in [-0.2, 0) is 4.79 Å². The third-order valence-corrected chi connectivity index (χ3v) is 2.11. The lowest BCUT2D eigenvalue weighted by atomic mass is 10.1. The summed E-state index contributed by atoms with van der Waals surface area (Å²) in [6.45, 7) is 1.61. The van der Waals surface area contributed by atoms with Crippen LogP contribution < -0.4 is 0 Å². The molecule has 1 aromatic rings. The number of hydrogen-bond donors (Lipinski definition) is 1. The van der Waals surface area contributed by atoms with Gasteiger partial charge in [-0.05, 0) is 30.2 Å². The van der Waals surface area contributed by atoms with Crippen LogP contribution in [0.3, 0.4) is 0 Å². The topological polar surface area (TPSA) is 104 Å². The molecule has 0 heterocycles. The highest BCUT2D eigenvalue weighted by molar-refractivity contribution is 5.96. The van der Waals surface area contributed by atoms with Gasteiger partial charge in [-0.1, -0.05) is 0 Å². The quantitative estimate of drug-likeness (QED) is 0.371. The first-order chi connectivity index (χ1) is 7.95. The number of non-ortho nitro benzene ring substituents is 1. The van der Waals surface area contributed by atoms with E-state index < -0.39 is 16.5 Å². The minimum Gasteiger partial charge on any atom is -0.477 e. The predicted molar refractivity (Wildman–Crippen MR) is 59.1 cm³/mol. The minimum atomic E-state index is -1.33. The molecule has 0 amide bonds. The van der Waals surface area contributed by atoms with E-state index in [0.717, 1.165) is 0 Å². The van der Waals surface area contributed by atoms with Gasteiger partial charge in [0.2, 0.25) is 0 Å². The maximum atomic E-state index is 10.6. The number of aliphatic carboxylic acids is 1. The van der Waals surface area contributed by atoms with Crippen LogP contribution in [0.2, 0.25) is 0 Å². The van der Waals surface area contributed by atoms with Crippen LogP contribution >= 0.6 is 0 Å². The second kappa shape index (κ2) is 4.90. The summed E-state index contributed by atoms with van der Waals surface area (Å²) in [4.78, 5) is 20.6. The fraction of sp³-hybridized carbons (Fsp3) is 0.0909. The summed E-state index contributed by atoms with van der Waals surface area (Å²) in [6, 6.07) is 5.53. The zero-order valence-electron chi connectivity index (χ0n) is 8.88. The van der Waals surface area contributed by atoms with E-state index >= 15 is 0 Å². The molecule has 0 aliphatic rings. The van der Waals surface area contributed by atoms with Crippen molar-refractivity contribution >= 4 is 17.7 Å². The number of nitrogens with zero attached hydrogens (tertiary/aromatic N) is 2. The van der Waals surface area contributed by atoms with Gasteiger partial charge in [-0.2, -0.15) is 5.26 Å². The van der Waals surface area contributed by atoms with Gasteiger partial charge >= 0.3 is 5.97 Å². The highest BCUT2D eigenvalue weighted by Gasteiger charge is 2.10. The van der Waals surface area contributed by atoms with Crippen LogP contribution in [0.5, 0.6) is 0 Å². The van der Waals surface area contributed by atoms with Gasteiger partial charge in [-0.15, -0.1) is 0 Å². The molecule has 1 N–H and O–H groups in total. The maximum Gasteiger partial charge on any atom is 0.346 e. The molecule has 0 bridgehead atoms. The van der Waals surface area contributed by atoms with E-state index in [4.69, 9.17) is 10.4 Å². The van der Waals surface area contributed by atoms with Crippen molar-refractivity contribution in [2.24, 2.45) is 0 Å². The number of carboxylic acid groups (broad SMARTS) is 1. The number of carbonyl (C=O) groups is 1. The largest absolute Gasteiger partial charge is 0.477 e. The lowest BCUT2D eigenvalue weighted by Crippen LogP contribution is -1.98. The molecule has 0 unspecified atom stereocenters. The smallest absolute Gasteiger partial charge is 0.346 e. The molecule has 0 fully saturated rings. The average Bonchev–Trinajstić information content (AvgIpc) is 2.26. The van der Waals surface area contributed by atoms with Crippen LogP contribution in [0.4, 0.5) is 5.69 Å². The molecule has 0 saturated heterocycles. The molecule has 17 heavy (non-hydrogen) atoms. The summed E-state index contributed by atoms with van der Waals surface area (Å²) >= 11 is 0. The van der Waals surface area contributed by atoms with E-state index in [-0.39, 0.29) is 5.69 Å². The van der Waals surface area contributed by atoms with E-state index in [1.807, 2.05) is 0 Å². The number of nitro groups is 1. The molecule has 1 aromatic carbocycles. The molecule has 0 aliphatic carbocycles. The molecule has 0 aromatic heterocycles. The number of rotatable bonds is 3. The van der Waals surface area contributed by atoms with Gasteiger partial charge in [0.25, 0.3) is 5.69 Å². The maximum absolute atomic E-state index is 10.6. The van der Waals surface area contributed by atoms with Crippen molar-refractivity contribution in [2.75, 3.05) is 0 Å². The normalized spacial score (nSPS) is 10.7. The van der Waals surface area contributed by atoms with Crippen molar-refractivity contribution in [2.45, 2.75) is 6.92 Å². The number of carboxylic acids is 1. The van der Waals surface area contributed by atoms with E-state index in [0.29, 0.717) is 11.1 Å². The molecular weight excluding hydrogens is 224 g/mol. The Bertz CT molecular complexity index is 555. The Kier molecular flexibility index (Phi) is 3.57. The first-order valence-corrected chi connectivity index (χ1v) is 4.56. The van der Waals surface area contributed by atoms with Crippen molar-refractivity contribution in [3.05, 3.63) is 45.0 Å². The number of nitriles is 1. The second-order valence-corrected chi connectivity index (χ2v) is 3.27. The van der Waals surface area contributed by atoms with Crippen LogP contribution in [-0.4, -0.2) is 16.0 Å².